The summed E-state index contributed by atoms with van der Waals surface area (Å²) < 4.78 is 5.20. The van der Waals surface area contributed by atoms with Gasteiger partial charge in [0.2, 0.25) is 5.95 Å². The third-order valence-corrected chi connectivity index (χ3v) is 4.12. The van der Waals surface area contributed by atoms with Crippen molar-refractivity contribution in [2.24, 2.45) is 0 Å². The summed E-state index contributed by atoms with van der Waals surface area (Å²) in [6.07, 6.45) is 6.30. The van der Waals surface area contributed by atoms with Crippen LogP contribution < -0.4 is 15.0 Å². The molecule has 24 heavy (non-hydrogen) atoms. The maximum absolute atomic E-state index is 12.2. The van der Waals surface area contributed by atoms with Gasteiger partial charge in [0.25, 0.3) is 5.91 Å². The topological polar surface area (TPSA) is 67.3 Å². The van der Waals surface area contributed by atoms with E-state index in [4.69, 9.17) is 4.74 Å². The zero-order chi connectivity index (χ0) is 16.8. The lowest BCUT2D eigenvalue weighted by Crippen LogP contribution is -2.26. The molecule has 2 aromatic rings. The molecule has 2 heterocycles. The summed E-state index contributed by atoms with van der Waals surface area (Å²) >= 11 is 0. The van der Waals surface area contributed by atoms with Gasteiger partial charge in [0.05, 0.1) is 12.7 Å². The molecule has 1 saturated heterocycles. The molecule has 1 aromatic carbocycles. The van der Waals surface area contributed by atoms with Crippen molar-refractivity contribution in [2.45, 2.75) is 19.3 Å². The minimum absolute atomic E-state index is 0.147. The van der Waals surface area contributed by atoms with Crippen LogP contribution in [0.4, 0.5) is 5.95 Å². The van der Waals surface area contributed by atoms with Crippen LogP contribution in [-0.4, -0.2) is 42.6 Å². The molecule has 0 bridgehead atoms. The van der Waals surface area contributed by atoms with Crippen LogP contribution >= 0.6 is 0 Å². The van der Waals surface area contributed by atoms with Crippen LogP contribution in [0.5, 0.6) is 5.75 Å². The van der Waals surface area contributed by atoms with Gasteiger partial charge in [-0.3, -0.25) is 4.79 Å². The zero-order valence-corrected chi connectivity index (χ0v) is 13.9. The molecule has 1 fully saturated rings. The summed E-state index contributed by atoms with van der Waals surface area (Å²) in [4.78, 5) is 22.9. The van der Waals surface area contributed by atoms with Gasteiger partial charge < -0.3 is 15.0 Å². The number of carbonyl (C=O) groups is 1. The van der Waals surface area contributed by atoms with Crippen molar-refractivity contribution in [1.29, 1.82) is 0 Å². The van der Waals surface area contributed by atoms with Crippen LogP contribution in [0.2, 0.25) is 0 Å². The van der Waals surface area contributed by atoms with E-state index in [1.54, 1.807) is 19.5 Å². The zero-order valence-electron chi connectivity index (χ0n) is 13.9. The lowest BCUT2D eigenvalue weighted by molar-refractivity contribution is 0.0953. The highest BCUT2D eigenvalue weighted by atomic mass is 16.5. The Morgan fingerprint density at radius 1 is 1.25 bits per heavy atom. The summed E-state index contributed by atoms with van der Waals surface area (Å²) in [6.45, 7) is 2.54. The summed E-state index contributed by atoms with van der Waals surface area (Å²) in [5, 5.41) is 2.90. The Bertz CT molecular complexity index is 682. The largest absolute Gasteiger partial charge is 0.497 e. The van der Waals surface area contributed by atoms with E-state index in [1.165, 1.54) is 12.8 Å². The molecule has 0 aliphatic carbocycles. The number of hydrogen-bond acceptors (Lipinski definition) is 5. The number of nitrogens with one attached hydrogen (secondary N) is 1. The molecular weight excluding hydrogens is 304 g/mol. The van der Waals surface area contributed by atoms with Gasteiger partial charge in [0.1, 0.15) is 5.75 Å². The van der Waals surface area contributed by atoms with Crippen molar-refractivity contribution in [1.82, 2.24) is 15.3 Å². The normalized spacial score (nSPS) is 13.8. The van der Waals surface area contributed by atoms with Crippen LogP contribution in [0, 0.1) is 0 Å². The van der Waals surface area contributed by atoms with E-state index < -0.39 is 0 Å². The van der Waals surface area contributed by atoms with Crippen molar-refractivity contribution in [3.05, 3.63) is 47.8 Å². The lowest BCUT2D eigenvalue weighted by Gasteiger charge is -2.14. The van der Waals surface area contributed by atoms with Gasteiger partial charge in [0, 0.05) is 32.0 Å². The highest BCUT2D eigenvalue weighted by Crippen LogP contribution is 2.15. The molecule has 0 atom stereocenters. The maximum Gasteiger partial charge on any atom is 0.254 e. The molecular formula is C18H22N4O2. The number of anilines is 1. The molecule has 1 amide bonds. The van der Waals surface area contributed by atoms with E-state index in [9.17, 15) is 4.79 Å². The summed E-state index contributed by atoms with van der Waals surface area (Å²) in [5.74, 6) is 1.39. The molecule has 1 aliphatic heterocycles. The summed E-state index contributed by atoms with van der Waals surface area (Å²) in [6, 6.07) is 7.84. The Morgan fingerprint density at radius 3 is 2.71 bits per heavy atom. The van der Waals surface area contributed by atoms with Crippen molar-refractivity contribution in [3.8, 4) is 5.75 Å². The minimum atomic E-state index is -0.147. The molecule has 1 aromatic heterocycles. The molecule has 0 spiro atoms. The Hall–Kier alpha value is -2.63. The van der Waals surface area contributed by atoms with Gasteiger partial charge in [-0.05, 0) is 37.0 Å². The first-order chi connectivity index (χ1) is 11.8. The minimum Gasteiger partial charge on any atom is -0.497 e. The van der Waals surface area contributed by atoms with Crippen LogP contribution in [0.3, 0.4) is 0 Å². The number of aromatic nitrogens is 2. The number of nitrogens with zero attached hydrogens (tertiary/aromatic N) is 3. The summed E-state index contributed by atoms with van der Waals surface area (Å²) in [7, 11) is 1.65. The number of carbonyl (C=O) groups excluding carboxylic acids is 1. The fourth-order valence-corrected chi connectivity index (χ4v) is 2.77. The van der Waals surface area contributed by atoms with Crippen molar-refractivity contribution in [2.75, 3.05) is 31.6 Å². The second kappa shape index (κ2) is 7.77. The highest BCUT2D eigenvalue weighted by Gasteiger charge is 2.15. The van der Waals surface area contributed by atoms with Crippen LogP contribution in [0.25, 0.3) is 0 Å². The Labute approximate surface area is 141 Å². The Kier molecular flexibility index (Phi) is 5.25. The highest BCUT2D eigenvalue weighted by molar-refractivity contribution is 5.93. The molecule has 3 rings (SSSR count). The van der Waals surface area contributed by atoms with Gasteiger partial charge in [-0.15, -0.1) is 0 Å². The number of hydrogen-bond donors (Lipinski definition) is 1. The molecule has 1 aliphatic rings. The van der Waals surface area contributed by atoms with E-state index in [2.05, 4.69) is 20.2 Å². The third kappa shape index (κ3) is 4.01. The van der Waals surface area contributed by atoms with E-state index >= 15 is 0 Å². The summed E-state index contributed by atoms with van der Waals surface area (Å²) in [5.41, 5.74) is 1.61. The molecule has 0 saturated carbocycles. The molecule has 6 nitrogen and oxygen atoms in total. The quantitative estimate of drug-likeness (QED) is 0.880. The second-order valence-corrected chi connectivity index (χ2v) is 5.82. The van der Waals surface area contributed by atoms with Crippen molar-refractivity contribution < 1.29 is 9.53 Å². The molecule has 0 radical (unpaired) electrons. The average Bonchev–Trinajstić information content (AvgIpc) is 3.16. The molecule has 1 N–H and O–H groups in total. The first-order valence-electron chi connectivity index (χ1n) is 8.24. The smallest absolute Gasteiger partial charge is 0.254 e. The predicted octanol–water partition coefficient (Wildman–Crippen LogP) is 2.06. The Morgan fingerprint density at radius 2 is 2.00 bits per heavy atom. The number of methoxy groups -OCH3 is 1. The first kappa shape index (κ1) is 16.2. The second-order valence-electron chi connectivity index (χ2n) is 5.82. The molecule has 0 unspecified atom stereocenters. The van der Waals surface area contributed by atoms with E-state index in [0.29, 0.717) is 18.1 Å². The van der Waals surface area contributed by atoms with Crippen LogP contribution in [-0.2, 0) is 6.42 Å². The lowest BCUT2D eigenvalue weighted by atomic mass is 10.1. The standard InChI is InChI=1S/C18H22N4O2/c1-24-16-6-4-5-14(11-16)7-8-19-17(23)15-12-20-18(21-13-15)22-9-2-3-10-22/h4-6,11-13H,2-3,7-10H2,1H3,(H,19,23). The monoisotopic (exact) mass is 326 g/mol. The van der Waals surface area contributed by atoms with E-state index in [-0.39, 0.29) is 5.91 Å². The van der Waals surface area contributed by atoms with Gasteiger partial charge >= 0.3 is 0 Å². The fourth-order valence-electron chi connectivity index (χ4n) is 2.77. The number of ether oxygens (including phenoxy) is 1. The molecule has 6 heteroatoms. The van der Waals surface area contributed by atoms with Crippen molar-refractivity contribution >= 4 is 11.9 Å². The average molecular weight is 326 g/mol. The predicted molar refractivity (Wildman–Crippen MR) is 92.5 cm³/mol. The van der Waals surface area contributed by atoms with Gasteiger partial charge in [0.15, 0.2) is 0 Å². The van der Waals surface area contributed by atoms with Gasteiger partial charge in [-0.1, -0.05) is 12.1 Å². The van der Waals surface area contributed by atoms with Gasteiger partial charge in [-0.25, -0.2) is 9.97 Å². The SMILES string of the molecule is COc1cccc(CCNC(=O)c2cnc(N3CCCC3)nc2)c1. The molecule has 126 valence electrons. The van der Waals surface area contributed by atoms with E-state index in [0.717, 1.165) is 30.8 Å². The number of amides is 1. The fraction of sp³-hybridized carbons (Fsp3) is 0.389. The number of benzene rings is 1. The van der Waals surface area contributed by atoms with Gasteiger partial charge in [-0.2, -0.15) is 0 Å². The third-order valence-electron chi connectivity index (χ3n) is 4.12. The van der Waals surface area contributed by atoms with Crippen molar-refractivity contribution in [3.63, 3.8) is 0 Å². The van der Waals surface area contributed by atoms with Crippen LogP contribution in [0.15, 0.2) is 36.7 Å². The van der Waals surface area contributed by atoms with Crippen LogP contribution in [0.1, 0.15) is 28.8 Å². The van der Waals surface area contributed by atoms with E-state index in [1.807, 2.05) is 24.3 Å². The maximum atomic E-state index is 12.2. The first-order valence-corrected chi connectivity index (χ1v) is 8.24. The Balaban J connectivity index is 1.51. The number of rotatable bonds is 6.